The lowest BCUT2D eigenvalue weighted by atomic mass is 10.3. The lowest BCUT2D eigenvalue weighted by Gasteiger charge is -1.96. The van der Waals surface area contributed by atoms with Crippen LogP contribution in [-0.4, -0.2) is 20.0 Å². The Hall–Kier alpha value is -1.27. The predicted octanol–water partition coefficient (Wildman–Crippen LogP) is 0.803. The van der Waals surface area contributed by atoms with E-state index in [9.17, 15) is 0 Å². The van der Waals surface area contributed by atoms with Gasteiger partial charge < -0.3 is 5.73 Å². The van der Waals surface area contributed by atoms with Crippen LogP contribution in [0.15, 0.2) is 17.1 Å². The van der Waals surface area contributed by atoms with E-state index in [0.29, 0.717) is 6.54 Å². The van der Waals surface area contributed by atoms with Gasteiger partial charge in [-0.1, -0.05) is 5.21 Å². The smallest absolute Gasteiger partial charge is 0.0991 e. The number of hydrogen-bond acceptors (Lipinski definition) is 5. The molecule has 5 nitrogen and oxygen atoms in total. The zero-order valence-corrected chi connectivity index (χ0v) is 8.61. The maximum Gasteiger partial charge on any atom is 0.0991 e. The van der Waals surface area contributed by atoms with Crippen molar-refractivity contribution in [2.45, 2.75) is 19.5 Å². The van der Waals surface area contributed by atoms with Crippen LogP contribution in [0, 0.1) is 0 Å². The molecule has 0 saturated carbocycles. The molecule has 0 unspecified atom stereocenters. The molecule has 2 N–H and O–H groups in total. The molecule has 2 aromatic rings. The summed E-state index contributed by atoms with van der Waals surface area (Å²) in [6, 6.07) is -0.0702. The summed E-state index contributed by atoms with van der Waals surface area (Å²) in [6.45, 7) is 2.54. The van der Waals surface area contributed by atoms with Crippen LogP contribution in [0.4, 0.5) is 0 Å². The molecule has 0 radical (unpaired) electrons. The van der Waals surface area contributed by atoms with Crippen molar-refractivity contribution in [1.82, 2.24) is 20.0 Å². The van der Waals surface area contributed by atoms with E-state index >= 15 is 0 Å². The Balaban J connectivity index is 2.11. The van der Waals surface area contributed by atoms with Gasteiger partial charge in [0.1, 0.15) is 0 Å². The average Bonchev–Trinajstić information content (AvgIpc) is 2.75. The van der Waals surface area contributed by atoms with E-state index in [0.717, 1.165) is 11.4 Å². The van der Waals surface area contributed by atoms with Crippen LogP contribution < -0.4 is 5.73 Å². The van der Waals surface area contributed by atoms with Crippen LogP contribution in [0.5, 0.6) is 0 Å². The molecule has 74 valence electrons. The first kappa shape index (κ1) is 9.29. The quantitative estimate of drug-likeness (QED) is 0.811. The highest BCUT2D eigenvalue weighted by molar-refractivity contribution is 7.07. The largest absolute Gasteiger partial charge is 0.323 e. The van der Waals surface area contributed by atoms with Gasteiger partial charge in [0, 0.05) is 11.4 Å². The number of rotatable bonds is 3. The molecule has 2 heterocycles. The lowest BCUT2D eigenvalue weighted by molar-refractivity contribution is 0.640. The molecular weight excluding hydrogens is 198 g/mol. The first-order valence-electron chi connectivity index (χ1n) is 4.28. The molecule has 0 aliphatic carbocycles. The van der Waals surface area contributed by atoms with E-state index in [4.69, 9.17) is 5.73 Å². The molecule has 2 rings (SSSR count). The molecule has 0 spiro atoms. The lowest BCUT2D eigenvalue weighted by Crippen LogP contribution is -2.05. The molecule has 1 atom stereocenters. The van der Waals surface area contributed by atoms with Gasteiger partial charge in [-0.3, -0.25) is 0 Å². The minimum atomic E-state index is -0.0702. The average molecular weight is 209 g/mol. The molecular formula is C8H11N5S. The van der Waals surface area contributed by atoms with Crippen molar-refractivity contribution in [2.24, 2.45) is 5.73 Å². The van der Waals surface area contributed by atoms with E-state index in [-0.39, 0.29) is 6.04 Å². The Morgan fingerprint density at radius 3 is 3.07 bits per heavy atom. The fraction of sp³-hybridized carbons (Fsp3) is 0.375. The Morgan fingerprint density at radius 1 is 1.64 bits per heavy atom. The van der Waals surface area contributed by atoms with Gasteiger partial charge in [0.05, 0.1) is 29.6 Å². The van der Waals surface area contributed by atoms with Gasteiger partial charge in [-0.25, -0.2) is 9.67 Å². The van der Waals surface area contributed by atoms with E-state index in [1.807, 2.05) is 18.5 Å². The molecule has 0 saturated heterocycles. The maximum atomic E-state index is 5.67. The summed E-state index contributed by atoms with van der Waals surface area (Å²) < 4.78 is 1.74. The Bertz CT molecular complexity index is 392. The van der Waals surface area contributed by atoms with Gasteiger partial charge in [0.15, 0.2) is 0 Å². The number of aromatic nitrogens is 4. The van der Waals surface area contributed by atoms with Crippen molar-refractivity contribution in [3.63, 3.8) is 0 Å². The highest BCUT2D eigenvalue weighted by Crippen LogP contribution is 2.06. The summed E-state index contributed by atoms with van der Waals surface area (Å²) >= 11 is 1.57. The Morgan fingerprint density at radius 2 is 2.50 bits per heavy atom. The van der Waals surface area contributed by atoms with Gasteiger partial charge in [-0.05, 0) is 6.92 Å². The fourth-order valence-corrected chi connectivity index (χ4v) is 1.63. The first-order valence-corrected chi connectivity index (χ1v) is 5.22. The second-order valence-corrected chi connectivity index (χ2v) is 3.83. The number of thiazole rings is 1. The van der Waals surface area contributed by atoms with Crippen LogP contribution in [0.1, 0.15) is 24.4 Å². The predicted molar refractivity (Wildman–Crippen MR) is 53.8 cm³/mol. The minimum absolute atomic E-state index is 0.0702. The summed E-state index contributed by atoms with van der Waals surface area (Å²) in [6.07, 6.45) is 1.85. The second-order valence-electron chi connectivity index (χ2n) is 3.11. The van der Waals surface area contributed by atoms with Crippen LogP contribution in [0.3, 0.4) is 0 Å². The summed E-state index contributed by atoms with van der Waals surface area (Å²) in [4.78, 5) is 4.16. The third kappa shape index (κ3) is 1.97. The van der Waals surface area contributed by atoms with Crippen molar-refractivity contribution in [3.05, 3.63) is 28.5 Å². The van der Waals surface area contributed by atoms with Crippen LogP contribution in [0.2, 0.25) is 0 Å². The monoisotopic (exact) mass is 209 g/mol. The van der Waals surface area contributed by atoms with Gasteiger partial charge in [0.2, 0.25) is 0 Å². The van der Waals surface area contributed by atoms with E-state index in [2.05, 4.69) is 15.3 Å². The summed E-state index contributed by atoms with van der Waals surface area (Å²) in [5, 5.41) is 9.92. The van der Waals surface area contributed by atoms with Gasteiger partial charge in [-0.2, -0.15) is 0 Å². The van der Waals surface area contributed by atoms with E-state index < -0.39 is 0 Å². The Labute approximate surface area is 85.6 Å². The van der Waals surface area contributed by atoms with Gasteiger partial charge in [-0.15, -0.1) is 16.4 Å². The van der Waals surface area contributed by atoms with Crippen molar-refractivity contribution < 1.29 is 0 Å². The molecule has 14 heavy (non-hydrogen) atoms. The van der Waals surface area contributed by atoms with E-state index in [1.54, 1.807) is 21.5 Å². The molecule has 0 aliphatic rings. The van der Waals surface area contributed by atoms with E-state index in [1.165, 1.54) is 0 Å². The highest BCUT2D eigenvalue weighted by atomic mass is 32.1. The van der Waals surface area contributed by atoms with Crippen molar-refractivity contribution >= 4 is 11.3 Å². The number of hydrogen-bond donors (Lipinski definition) is 1. The Kier molecular flexibility index (Phi) is 2.55. The normalized spacial score (nSPS) is 13.0. The van der Waals surface area contributed by atoms with Crippen LogP contribution >= 0.6 is 11.3 Å². The third-order valence-electron chi connectivity index (χ3n) is 1.83. The molecule has 0 aliphatic heterocycles. The zero-order chi connectivity index (χ0) is 9.97. The van der Waals surface area contributed by atoms with Crippen molar-refractivity contribution in [1.29, 1.82) is 0 Å². The third-order valence-corrected chi connectivity index (χ3v) is 2.47. The number of nitrogens with zero attached hydrogens (tertiary/aromatic N) is 4. The molecule has 0 amide bonds. The molecule has 0 bridgehead atoms. The topological polar surface area (TPSA) is 69.6 Å². The molecule has 2 aromatic heterocycles. The molecule has 0 fully saturated rings. The highest BCUT2D eigenvalue weighted by Gasteiger charge is 2.05. The maximum absolute atomic E-state index is 5.67. The molecule has 6 heteroatoms. The first-order chi connectivity index (χ1) is 6.75. The zero-order valence-electron chi connectivity index (χ0n) is 7.79. The summed E-state index contributed by atoms with van der Waals surface area (Å²) in [5.41, 5.74) is 9.28. The minimum Gasteiger partial charge on any atom is -0.323 e. The number of nitrogens with two attached hydrogens (primary N) is 1. The van der Waals surface area contributed by atoms with Crippen molar-refractivity contribution in [3.8, 4) is 0 Å². The summed E-state index contributed by atoms with van der Waals surface area (Å²) in [7, 11) is 0. The SMILES string of the molecule is C[C@H](N)c1cn(Cc2cscn2)nn1. The van der Waals surface area contributed by atoms with Crippen LogP contribution in [-0.2, 0) is 6.54 Å². The van der Waals surface area contributed by atoms with Gasteiger partial charge >= 0.3 is 0 Å². The van der Waals surface area contributed by atoms with Crippen LogP contribution in [0.25, 0.3) is 0 Å². The van der Waals surface area contributed by atoms with Gasteiger partial charge in [0.25, 0.3) is 0 Å². The second kappa shape index (κ2) is 3.85. The van der Waals surface area contributed by atoms with Crippen molar-refractivity contribution in [2.75, 3.05) is 0 Å². The summed E-state index contributed by atoms with van der Waals surface area (Å²) in [5.74, 6) is 0. The fourth-order valence-electron chi connectivity index (χ4n) is 1.08. The standard InChI is InChI=1S/C8H11N5S/c1-6(9)8-3-13(12-11-8)2-7-4-14-5-10-7/h3-6H,2,9H2,1H3/t6-/m0/s1. The molecule has 0 aromatic carbocycles.